The number of hydrogen-bond donors (Lipinski definition) is 2. The van der Waals surface area contributed by atoms with E-state index >= 15 is 0 Å². The number of carbonyl (C=O) groups is 2. The molecule has 21 heavy (non-hydrogen) atoms. The van der Waals surface area contributed by atoms with E-state index in [1.165, 1.54) is 24.3 Å². The van der Waals surface area contributed by atoms with Gasteiger partial charge >= 0.3 is 5.97 Å². The Hall–Kier alpha value is -1.89. The largest absolute Gasteiger partial charge is 0.478 e. The highest BCUT2D eigenvalue weighted by Gasteiger charge is 2.19. The minimum atomic E-state index is -3.64. The Morgan fingerprint density at radius 1 is 1.33 bits per heavy atom. The normalized spacial score (nSPS) is 12.7. The Labute approximate surface area is 124 Å². The van der Waals surface area contributed by atoms with Crippen molar-refractivity contribution in [1.82, 2.24) is 5.32 Å². The molecular weight excluding hydrogens is 294 g/mol. The summed E-state index contributed by atoms with van der Waals surface area (Å²) in [6.07, 6.45) is 0.715. The average Bonchev–Trinajstić information content (AvgIpc) is 2.37. The topological polar surface area (TPSA) is 101 Å². The Kier molecular flexibility index (Phi) is 5.90. The van der Waals surface area contributed by atoms with Gasteiger partial charge in [0.1, 0.15) is 5.75 Å². The lowest BCUT2D eigenvalue weighted by Gasteiger charge is -2.11. The Balaban J connectivity index is 2.74. The number of nitrogens with one attached hydrogen (secondary N) is 1. The van der Waals surface area contributed by atoms with Crippen LogP contribution in [0.3, 0.4) is 0 Å². The second kappa shape index (κ2) is 7.21. The number of aromatic carboxylic acids is 1. The lowest BCUT2D eigenvalue weighted by Crippen LogP contribution is -2.36. The molecule has 7 heteroatoms. The quantitative estimate of drug-likeness (QED) is 0.788. The maximum absolute atomic E-state index is 12.0. The van der Waals surface area contributed by atoms with Crippen molar-refractivity contribution in [2.75, 3.05) is 5.75 Å². The van der Waals surface area contributed by atoms with Crippen molar-refractivity contribution in [3.05, 3.63) is 35.4 Å². The number of hydrogen-bond acceptors (Lipinski definition) is 4. The third-order valence-electron chi connectivity index (χ3n) is 2.93. The monoisotopic (exact) mass is 313 g/mol. The second-order valence-corrected chi connectivity index (χ2v) is 6.98. The van der Waals surface area contributed by atoms with Gasteiger partial charge < -0.3 is 10.4 Å². The van der Waals surface area contributed by atoms with Crippen molar-refractivity contribution in [1.29, 1.82) is 0 Å². The molecule has 1 atom stereocenters. The van der Waals surface area contributed by atoms with E-state index in [2.05, 4.69) is 5.32 Å². The van der Waals surface area contributed by atoms with Crippen LogP contribution in [0.4, 0.5) is 0 Å². The highest BCUT2D eigenvalue weighted by Crippen LogP contribution is 2.10. The van der Waals surface area contributed by atoms with E-state index in [-0.39, 0.29) is 17.4 Å². The fourth-order valence-electron chi connectivity index (χ4n) is 1.72. The zero-order valence-electron chi connectivity index (χ0n) is 12.0. The molecule has 0 saturated heterocycles. The van der Waals surface area contributed by atoms with Crippen LogP contribution in [0.25, 0.3) is 0 Å². The minimum Gasteiger partial charge on any atom is -0.478 e. The molecule has 1 amide bonds. The molecule has 0 aliphatic heterocycles. The molecule has 0 aliphatic carbocycles. The molecule has 0 radical (unpaired) electrons. The van der Waals surface area contributed by atoms with Gasteiger partial charge in [0, 0.05) is 6.04 Å². The zero-order valence-corrected chi connectivity index (χ0v) is 12.8. The molecule has 1 aromatic rings. The molecular formula is C14H19NO5S. The van der Waals surface area contributed by atoms with Crippen LogP contribution in [-0.4, -0.2) is 37.2 Å². The SMILES string of the molecule is CCC(C)NC(=O)CS(=O)(=O)Cc1cccc(C(=O)O)c1. The number of benzene rings is 1. The summed E-state index contributed by atoms with van der Waals surface area (Å²) in [5.41, 5.74) is 0.373. The lowest BCUT2D eigenvalue weighted by atomic mass is 10.1. The molecule has 1 aromatic carbocycles. The van der Waals surface area contributed by atoms with Gasteiger partial charge in [-0.1, -0.05) is 19.1 Å². The van der Waals surface area contributed by atoms with Gasteiger partial charge in [0.25, 0.3) is 0 Å². The van der Waals surface area contributed by atoms with Gasteiger partial charge in [0.15, 0.2) is 9.84 Å². The van der Waals surface area contributed by atoms with Crippen LogP contribution in [0.15, 0.2) is 24.3 Å². The number of carbonyl (C=O) groups excluding carboxylic acids is 1. The molecule has 0 fully saturated rings. The second-order valence-electron chi connectivity index (χ2n) is 4.91. The van der Waals surface area contributed by atoms with Crippen molar-refractivity contribution in [2.24, 2.45) is 0 Å². The van der Waals surface area contributed by atoms with Crippen molar-refractivity contribution in [3.8, 4) is 0 Å². The number of rotatable bonds is 7. The molecule has 0 heterocycles. The van der Waals surface area contributed by atoms with Gasteiger partial charge in [-0.05, 0) is 31.0 Å². The zero-order chi connectivity index (χ0) is 16.0. The van der Waals surface area contributed by atoms with Crippen LogP contribution in [-0.2, 0) is 20.4 Å². The van der Waals surface area contributed by atoms with E-state index in [1.807, 2.05) is 6.92 Å². The summed E-state index contributed by atoms with van der Waals surface area (Å²) in [6, 6.07) is 5.60. The first-order chi connectivity index (χ1) is 9.73. The van der Waals surface area contributed by atoms with Gasteiger partial charge in [0.05, 0.1) is 11.3 Å². The van der Waals surface area contributed by atoms with Crippen LogP contribution < -0.4 is 5.32 Å². The number of amides is 1. The van der Waals surface area contributed by atoms with Gasteiger partial charge in [-0.25, -0.2) is 13.2 Å². The third kappa shape index (κ3) is 5.95. The maximum atomic E-state index is 12.0. The molecule has 0 aliphatic rings. The molecule has 1 rings (SSSR count). The van der Waals surface area contributed by atoms with Crippen LogP contribution >= 0.6 is 0 Å². The molecule has 1 unspecified atom stereocenters. The first-order valence-corrected chi connectivity index (χ1v) is 8.37. The fraction of sp³-hybridized carbons (Fsp3) is 0.429. The first kappa shape index (κ1) is 17.2. The van der Waals surface area contributed by atoms with Gasteiger partial charge in [-0.2, -0.15) is 0 Å². The molecule has 0 saturated carbocycles. The fourth-order valence-corrected chi connectivity index (χ4v) is 2.99. The van der Waals surface area contributed by atoms with E-state index in [0.717, 1.165) is 0 Å². The van der Waals surface area contributed by atoms with E-state index in [1.54, 1.807) is 6.92 Å². The lowest BCUT2D eigenvalue weighted by molar-refractivity contribution is -0.119. The van der Waals surface area contributed by atoms with Crippen molar-refractivity contribution in [3.63, 3.8) is 0 Å². The molecule has 2 N–H and O–H groups in total. The Morgan fingerprint density at radius 2 is 2.00 bits per heavy atom. The number of carboxylic acids is 1. The Morgan fingerprint density at radius 3 is 2.57 bits per heavy atom. The minimum absolute atomic E-state index is 0.0201. The van der Waals surface area contributed by atoms with Crippen LogP contribution in [0.2, 0.25) is 0 Å². The van der Waals surface area contributed by atoms with Crippen molar-refractivity contribution in [2.45, 2.75) is 32.1 Å². The van der Waals surface area contributed by atoms with Gasteiger partial charge in [0.2, 0.25) is 5.91 Å². The summed E-state index contributed by atoms with van der Waals surface area (Å²) >= 11 is 0. The van der Waals surface area contributed by atoms with Crippen molar-refractivity contribution >= 4 is 21.7 Å². The summed E-state index contributed by atoms with van der Waals surface area (Å²) in [4.78, 5) is 22.4. The summed E-state index contributed by atoms with van der Waals surface area (Å²) in [7, 11) is -3.64. The van der Waals surface area contributed by atoms with E-state index in [4.69, 9.17) is 5.11 Å². The van der Waals surface area contributed by atoms with E-state index in [0.29, 0.717) is 12.0 Å². The standard InChI is InChI=1S/C14H19NO5S/c1-3-10(2)15-13(16)9-21(19,20)8-11-5-4-6-12(7-11)14(17)18/h4-7,10H,3,8-9H2,1-2H3,(H,15,16)(H,17,18). The van der Waals surface area contributed by atoms with Crippen LogP contribution in [0, 0.1) is 0 Å². The molecule has 116 valence electrons. The summed E-state index contributed by atoms with van der Waals surface area (Å²) in [5.74, 6) is -2.63. The highest BCUT2D eigenvalue weighted by atomic mass is 32.2. The Bertz CT molecular complexity index is 624. The highest BCUT2D eigenvalue weighted by molar-refractivity contribution is 7.91. The third-order valence-corrected chi connectivity index (χ3v) is 4.41. The molecule has 0 spiro atoms. The molecule has 0 bridgehead atoms. The summed E-state index contributed by atoms with van der Waals surface area (Å²) in [6.45, 7) is 3.68. The van der Waals surface area contributed by atoms with Gasteiger partial charge in [-0.3, -0.25) is 4.79 Å². The molecule has 0 aromatic heterocycles. The number of carboxylic acid groups (broad SMARTS) is 1. The first-order valence-electron chi connectivity index (χ1n) is 6.55. The van der Waals surface area contributed by atoms with Gasteiger partial charge in [-0.15, -0.1) is 0 Å². The number of sulfone groups is 1. The predicted octanol–water partition coefficient (Wildman–Crippen LogP) is 1.21. The average molecular weight is 313 g/mol. The van der Waals surface area contributed by atoms with Crippen LogP contribution in [0.1, 0.15) is 36.2 Å². The summed E-state index contributed by atoms with van der Waals surface area (Å²) in [5, 5.41) is 11.5. The predicted molar refractivity (Wildman–Crippen MR) is 78.8 cm³/mol. The molecule has 6 nitrogen and oxygen atoms in total. The van der Waals surface area contributed by atoms with E-state index in [9.17, 15) is 18.0 Å². The summed E-state index contributed by atoms with van der Waals surface area (Å²) < 4.78 is 23.9. The van der Waals surface area contributed by atoms with Crippen LogP contribution in [0.5, 0.6) is 0 Å². The van der Waals surface area contributed by atoms with E-state index < -0.39 is 27.5 Å². The smallest absolute Gasteiger partial charge is 0.335 e. The van der Waals surface area contributed by atoms with Crippen molar-refractivity contribution < 1.29 is 23.1 Å². The maximum Gasteiger partial charge on any atom is 0.335 e.